The van der Waals surface area contributed by atoms with Gasteiger partial charge in [0.2, 0.25) is 7.85 Å². The lowest BCUT2D eigenvalue weighted by molar-refractivity contribution is -0.155. The third-order valence-corrected chi connectivity index (χ3v) is 3.48. The molecule has 0 aromatic rings. The maximum atomic E-state index is 11.7. The van der Waals surface area contributed by atoms with Gasteiger partial charge in [-0.3, -0.25) is 4.79 Å². The Hall–Kier alpha value is -1.04. The fourth-order valence-corrected chi connectivity index (χ4v) is 2.85. The quantitative estimate of drug-likeness (QED) is 0.463. The highest BCUT2D eigenvalue weighted by Crippen LogP contribution is 2.47. The van der Waals surface area contributed by atoms with Crippen LogP contribution in [0.4, 0.5) is 4.79 Å². The largest absolute Gasteiger partial charge is 0.467 e. The van der Waals surface area contributed by atoms with Crippen molar-refractivity contribution in [1.82, 2.24) is 4.90 Å². The second-order valence-corrected chi connectivity index (χ2v) is 4.07. The number of esters is 1. The van der Waals surface area contributed by atoms with E-state index < -0.39 is 23.4 Å². The molecule has 2 saturated heterocycles. The summed E-state index contributed by atoms with van der Waals surface area (Å²) < 4.78 is 4.66. The van der Waals surface area contributed by atoms with Crippen LogP contribution in [0.3, 0.4) is 0 Å². The Morgan fingerprint density at radius 3 is 2.73 bits per heavy atom. The van der Waals surface area contributed by atoms with Crippen molar-refractivity contribution in [3.63, 3.8) is 0 Å². The van der Waals surface area contributed by atoms with Crippen LogP contribution >= 0.6 is 0 Å². The predicted octanol–water partition coefficient (Wildman–Crippen LogP) is -0.584. The smallest absolute Gasteiger partial charge is 0.334 e. The van der Waals surface area contributed by atoms with Gasteiger partial charge in [0.1, 0.15) is 0 Å². The first kappa shape index (κ1) is 10.5. The Kier molecular flexibility index (Phi) is 2.26. The molecule has 1 amide bonds. The van der Waals surface area contributed by atoms with E-state index in [4.69, 9.17) is 7.85 Å². The monoisotopic (exact) mass is 209 g/mol. The Morgan fingerprint density at radius 2 is 2.27 bits per heavy atom. The van der Waals surface area contributed by atoms with Gasteiger partial charge in [-0.15, -0.1) is 0 Å². The third kappa shape index (κ3) is 1.14. The van der Waals surface area contributed by atoms with Gasteiger partial charge in [-0.2, -0.15) is 0 Å². The van der Waals surface area contributed by atoms with E-state index in [9.17, 15) is 14.7 Å². The number of fused-ring (bicyclic) bond motifs is 2. The minimum Gasteiger partial charge on any atom is -0.467 e. The van der Waals surface area contributed by atoms with Gasteiger partial charge in [0, 0.05) is 6.04 Å². The average Bonchev–Trinajstić information content (AvgIpc) is 2.69. The van der Waals surface area contributed by atoms with E-state index in [0.717, 1.165) is 0 Å². The molecule has 2 aliphatic heterocycles. The predicted molar refractivity (Wildman–Crippen MR) is 51.4 cm³/mol. The van der Waals surface area contributed by atoms with Gasteiger partial charge >= 0.3 is 5.97 Å². The summed E-state index contributed by atoms with van der Waals surface area (Å²) in [5, 5.41) is 9.84. The van der Waals surface area contributed by atoms with Crippen molar-refractivity contribution < 1.29 is 19.4 Å². The van der Waals surface area contributed by atoms with Gasteiger partial charge in [-0.05, 0) is 19.3 Å². The number of amides is 1. The molecule has 0 saturated carbocycles. The van der Waals surface area contributed by atoms with E-state index in [1.165, 1.54) is 12.0 Å². The highest BCUT2D eigenvalue weighted by atomic mass is 16.5. The molecule has 3 unspecified atom stereocenters. The molecule has 0 spiro atoms. The molecule has 2 fully saturated rings. The van der Waals surface area contributed by atoms with Crippen LogP contribution in [-0.2, 0) is 9.53 Å². The van der Waals surface area contributed by atoms with Gasteiger partial charge < -0.3 is 14.7 Å². The highest BCUT2D eigenvalue weighted by Gasteiger charge is 2.63. The number of aliphatic hydroxyl groups excluding tert-OH is 1. The van der Waals surface area contributed by atoms with Crippen molar-refractivity contribution in [2.45, 2.75) is 36.9 Å². The molecule has 6 heteroatoms. The number of aliphatic hydroxyl groups is 1. The van der Waals surface area contributed by atoms with Crippen LogP contribution in [0, 0.1) is 0 Å². The highest BCUT2D eigenvalue weighted by molar-refractivity contribution is 6.57. The van der Waals surface area contributed by atoms with Gasteiger partial charge in [-0.25, -0.2) is 4.79 Å². The molecule has 0 aromatic carbocycles. The number of methoxy groups -OCH3 is 1. The van der Waals surface area contributed by atoms with Crippen LogP contribution in [0.2, 0.25) is 0 Å². The fraction of sp³-hybridized carbons (Fsp3) is 0.778. The Balaban J connectivity index is 2.41. The zero-order valence-corrected chi connectivity index (χ0v) is 8.47. The number of rotatable bonds is 1. The molecule has 3 atom stereocenters. The minimum absolute atomic E-state index is 0.128. The van der Waals surface area contributed by atoms with Crippen molar-refractivity contribution >= 4 is 19.6 Å². The van der Waals surface area contributed by atoms with Crippen LogP contribution in [0.5, 0.6) is 0 Å². The summed E-state index contributed by atoms with van der Waals surface area (Å²) in [6, 6.07) is -0.128. The third-order valence-electron chi connectivity index (χ3n) is 3.48. The Morgan fingerprint density at radius 1 is 1.60 bits per heavy atom. The van der Waals surface area contributed by atoms with E-state index in [0.29, 0.717) is 19.3 Å². The number of hydrogen-bond acceptors (Lipinski definition) is 4. The summed E-state index contributed by atoms with van der Waals surface area (Å²) in [5.41, 5.74) is -1.23. The average molecular weight is 209 g/mol. The molecule has 80 valence electrons. The number of carbonyl (C=O) groups excluding carboxylic acids is 2. The molecule has 15 heavy (non-hydrogen) atoms. The molecule has 2 rings (SSSR count). The van der Waals surface area contributed by atoms with E-state index in [1.807, 2.05) is 0 Å². The lowest BCUT2D eigenvalue weighted by atomic mass is 9.84. The molecule has 1 N–H and O–H groups in total. The molecule has 2 aliphatic rings. The summed E-state index contributed by atoms with van der Waals surface area (Å²) in [6.45, 7) is 0. The van der Waals surface area contributed by atoms with Gasteiger partial charge in [0.05, 0.1) is 13.2 Å². The van der Waals surface area contributed by atoms with E-state index in [-0.39, 0.29) is 6.04 Å². The maximum Gasteiger partial charge on any atom is 0.334 e. The summed E-state index contributed by atoms with van der Waals surface area (Å²) in [4.78, 5) is 24.2. The van der Waals surface area contributed by atoms with E-state index in [2.05, 4.69) is 4.74 Å². The normalized spacial score (nSPS) is 38.1. The molecular formula is C9H12BNO4. The molecule has 0 aromatic heterocycles. The Bertz CT molecular complexity index is 321. The minimum atomic E-state index is -1.23. The van der Waals surface area contributed by atoms with E-state index in [1.54, 1.807) is 0 Å². The molecule has 0 aliphatic carbocycles. The van der Waals surface area contributed by atoms with Crippen LogP contribution < -0.4 is 0 Å². The molecular weight excluding hydrogens is 197 g/mol. The van der Waals surface area contributed by atoms with Gasteiger partial charge in [0.25, 0.3) is 0 Å². The van der Waals surface area contributed by atoms with Crippen LogP contribution in [0.15, 0.2) is 0 Å². The molecule has 2 bridgehead atoms. The zero-order chi connectivity index (χ0) is 11.2. The topological polar surface area (TPSA) is 66.8 Å². The van der Waals surface area contributed by atoms with Gasteiger partial charge in [-0.1, -0.05) is 0 Å². The Labute approximate surface area is 88.8 Å². The lowest BCUT2D eigenvalue weighted by Crippen LogP contribution is -2.56. The van der Waals surface area contributed by atoms with Crippen LogP contribution in [-0.4, -0.2) is 54.4 Å². The second kappa shape index (κ2) is 3.23. The number of ether oxygens (including phenoxy) is 1. The molecule has 5 nitrogen and oxygen atoms in total. The first-order chi connectivity index (χ1) is 7.04. The maximum absolute atomic E-state index is 11.7. The van der Waals surface area contributed by atoms with E-state index >= 15 is 0 Å². The number of hydrogen-bond donors (Lipinski definition) is 1. The first-order valence-corrected chi connectivity index (χ1v) is 4.89. The molecule has 2 heterocycles. The summed E-state index contributed by atoms with van der Waals surface area (Å²) in [5.74, 6) is -1.24. The SMILES string of the molecule is [B]C(=O)N1C2CCC1(C(=O)OC)C(O)C2. The van der Waals surface area contributed by atoms with Crippen LogP contribution in [0.25, 0.3) is 0 Å². The zero-order valence-electron chi connectivity index (χ0n) is 8.47. The fourth-order valence-electron chi connectivity index (χ4n) is 2.85. The summed E-state index contributed by atoms with van der Waals surface area (Å²) in [6.07, 6.45) is 0.651. The van der Waals surface area contributed by atoms with Crippen molar-refractivity contribution in [3.05, 3.63) is 0 Å². The molecule has 2 radical (unpaired) electrons. The van der Waals surface area contributed by atoms with Crippen molar-refractivity contribution in [3.8, 4) is 0 Å². The number of nitrogens with zero attached hydrogens (tertiary/aromatic N) is 1. The standard InChI is InChI=1S/C9H12BNO4/c1-15-7(13)9-3-2-5(4-6(9)12)11(9)8(10)14/h5-6,12H,2-4H2,1H3. The van der Waals surface area contributed by atoms with Crippen molar-refractivity contribution in [2.24, 2.45) is 0 Å². The first-order valence-electron chi connectivity index (χ1n) is 4.89. The summed E-state index contributed by atoms with van der Waals surface area (Å²) >= 11 is 0. The van der Waals surface area contributed by atoms with Crippen molar-refractivity contribution in [1.29, 1.82) is 0 Å². The van der Waals surface area contributed by atoms with Crippen molar-refractivity contribution in [2.75, 3.05) is 7.11 Å². The number of carbonyl (C=O) groups is 2. The second-order valence-electron chi connectivity index (χ2n) is 4.07. The van der Waals surface area contributed by atoms with Gasteiger partial charge in [0.15, 0.2) is 11.3 Å². The van der Waals surface area contributed by atoms with Crippen LogP contribution in [0.1, 0.15) is 19.3 Å². The summed E-state index contributed by atoms with van der Waals surface area (Å²) in [7, 11) is 6.47. The lowest BCUT2D eigenvalue weighted by Gasteiger charge is -2.34.